The second-order valence-corrected chi connectivity index (χ2v) is 7.63. The summed E-state index contributed by atoms with van der Waals surface area (Å²) in [6.07, 6.45) is 4.28. The number of hydrogen-bond acceptors (Lipinski definition) is 3. The molecule has 0 amide bonds. The number of rotatable bonds is 7. The average molecular weight is 510 g/mol. The van der Waals surface area contributed by atoms with Gasteiger partial charge >= 0.3 is 0 Å². The molecule has 2 N–H and O–H groups in total. The molecule has 7 heteroatoms. The minimum absolute atomic E-state index is 0. The fraction of sp³-hybridized carbons (Fsp3) is 0.591. The molecule has 0 fully saturated rings. The second-order valence-electron chi connectivity index (χ2n) is 7.63. The summed E-state index contributed by atoms with van der Waals surface area (Å²) in [6, 6.07) is 10.9. The zero-order valence-corrected chi connectivity index (χ0v) is 20.4. The lowest BCUT2D eigenvalue weighted by atomic mass is 9.76. The summed E-state index contributed by atoms with van der Waals surface area (Å²) in [7, 11) is 0. The van der Waals surface area contributed by atoms with Crippen LogP contribution in [0.1, 0.15) is 69.7 Å². The highest BCUT2D eigenvalue weighted by Crippen LogP contribution is 2.32. The van der Waals surface area contributed by atoms with Gasteiger partial charge in [-0.3, -0.25) is 4.99 Å². The number of fused-ring (bicyclic) bond motifs is 1. The van der Waals surface area contributed by atoms with Gasteiger partial charge in [0.2, 0.25) is 0 Å². The highest BCUT2D eigenvalue weighted by atomic mass is 127. The second kappa shape index (κ2) is 10.9. The summed E-state index contributed by atoms with van der Waals surface area (Å²) in [6.45, 7) is 11.1. The Morgan fingerprint density at radius 2 is 1.93 bits per heavy atom. The molecule has 1 aromatic carbocycles. The molecule has 0 saturated carbocycles. The molecule has 29 heavy (non-hydrogen) atoms. The van der Waals surface area contributed by atoms with Crippen molar-refractivity contribution in [3.8, 4) is 0 Å². The van der Waals surface area contributed by atoms with Crippen LogP contribution in [0.5, 0.6) is 0 Å². The number of benzene rings is 1. The first kappa shape index (κ1) is 23.6. The number of halogens is 1. The van der Waals surface area contributed by atoms with Gasteiger partial charge in [-0.25, -0.2) is 9.67 Å². The average Bonchev–Trinajstić information content (AvgIpc) is 3.11. The summed E-state index contributed by atoms with van der Waals surface area (Å²) < 4.78 is 2.03. The van der Waals surface area contributed by atoms with Crippen LogP contribution in [0.15, 0.2) is 35.3 Å². The van der Waals surface area contributed by atoms with E-state index < -0.39 is 0 Å². The molecule has 1 atom stereocenters. The summed E-state index contributed by atoms with van der Waals surface area (Å²) in [5.74, 6) is 2.73. The Hall–Kier alpha value is -1.64. The van der Waals surface area contributed by atoms with E-state index in [9.17, 15) is 0 Å². The third-order valence-electron chi connectivity index (χ3n) is 5.92. The Kier molecular flexibility index (Phi) is 8.92. The van der Waals surface area contributed by atoms with E-state index in [4.69, 9.17) is 4.99 Å². The summed E-state index contributed by atoms with van der Waals surface area (Å²) in [5.41, 5.74) is 1.43. The van der Waals surface area contributed by atoms with Crippen LogP contribution in [0.2, 0.25) is 0 Å². The maximum Gasteiger partial charge on any atom is 0.191 e. The van der Waals surface area contributed by atoms with Crippen LogP contribution >= 0.6 is 24.0 Å². The van der Waals surface area contributed by atoms with Crippen molar-refractivity contribution in [3.05, 3.63) is 47.5 Å². The molecule has 2 heterocycles. The highest BCUT2D eigenvalue weighted by Gasteiger charge is 2.29. The molecule has 3 rings (SSSR count). The predicted octanol–water partition coefficient (Wildman–Crippen LogP) is 4.35. The van der Waals surface area contributed by atoms with Crippen molar-refractivity contribution < 1.29 is 0 Å². The minimum Gasteiger partial charge on any atom is -0.357 e. The van der Waals surface area contributed by atoms with Crippen molar-refractivity contribution in [1.29, 1.82) is 0 Å². The van der Waals surface area contributed by atoms with Gasteiger partial charge in [-0.2, -0.15) is 5.10 Å². The first-order valence-corrected chi connectivity index (χ1v) is 10.6. The van der Waals surface area contributed by atoms with Gasteiger partial charge in [-0.15, -0.1) is 24.0 Å². The van der Waals surface area contributed by atoms with E-state index in [2.05, 4.69) is 71.8 Å². The number of guanidine groups is 1. The van der Waals surface area contributed by atoms with Gasteiger partial charge in [0, 0.05) is 18.5 Å². The lowest BCUT2D eigenvalue weighted by molar-refractivity contribution is 0.392. The third-order valence-corrected chi connectivity index (χ3v) is 5.92. The van der Waals surface area contributed by atoms with E-state index in [1.165, 1.54) is 5.56 Å². The van der Waals surface area contributed by atoms with Gasteiger partial charge in [0.25, 0.3) is 0 Å². The van der Waals surface area contributed by atoms with E-state index in [0.717, 1.165) is 62.9 Å². The fourth-order valence-electron chi connectivity index (χ4n) is 4.09. The Balaban J connectivity index is 0.00000300. The standard InChI is InChI=1S/C22H34N6.HI/c1-5-22(6-2,18-12-9-8-10-13-18)16-24-21(23-7-3)26-19-14-11-15-28-20(19)25-17(4)27-28;/h8-10,12-13,19H,5-7,11,14-16H2,1-4H3,(H2,23,24,26);1H. The van der Waals surface area contributed by atoms with Gasteiger partial charge in [-0.05, 0) is 45.1 Å². The van der Waals surface area contributed by atoms with Crippen molar-refractivity contribution in [3.63, 3.8) is 0 Å². The lowest BCUT2D eigenvalue weighted by Crippen LogP contribution is -2.42. The van der Waals surface area contributed by atoms with Crippen molar-refractivity contribution in [2.45, 2.75) is 71.4 Å². The van der Waals surface area contributed by atoms with Gasteiger partial charge in [0.1, 0.15) is 11.6 Å². The first-order chi connectivity index (χ1) is 13.6. The van der Waals surface area contributed by atoms with Crippen molar-refractivity contribution in [2.24, 2.45) is 4.99 Å². The first-order valence-electron chi connectivity index (χ1n) is 10.6. The third kappa shape index (κ3) is 5.49. The number of nitrogens with zero attached hydrogens (tertiary/aromatic N) is 4. The van der Waals surface area contributed by atoms with Crippen molar-refractivity contribution >= 4 is 29.9 Å². The highest BCUT2D eigenvalue weighted by molar-refractivity contribution is 14.0. The monoisotopic (exact) mass is 510 g/mol. The van der Waals surface area contributed by atoms with Crippen LogP contribution in [0, 0.1) is 6.92 Å². The number of aromatic nitrogens is 3. The quantitative estimate of drug-likeness (QED) is 0.330. The van der Waals surface area contributed by atoms with E-state index in [1.54, 1.807) is 0 Å². The van der Waals surface area contributed by atoms with Crippen LogP contribution in [-0.4, -0.2) is 33.8 Å². The summed E-state index contributed by atoms with van der Waals surface area (Å²) in [4.78, 5) is 9.66. The molecule has 1 unspecified atom stereocenters. The maximum absolute atomic E-state index is 5.01. The summed E-state index contributed by atoms with van der Waals surface area (Å²) >= 11 is 0. The molecule has 0 bridgehead atoms. The van der Waals surface area contributed by atoms with Crippen LogP contribution in [0.4, 0.5) is 0 Å². The lowest BCUT2D eigenvalue weighted by Gasteiger charge is -2.31. The molecule has 0 spiro atoms. The number of nitrogens with one attached hydrogen (secondary N) is 2. The zero-order valence-electron chi connectivity index (χ0n) is 18.1. The molecular formula is C22H35IN6. The SMILES string of the molecule is CCNC(=NCC(CC)(CC)c1ccccc1)NC1CCCn2nc(C)nc21.I. The number of aryl methyl sites for hydroxylation is 2. The van der Waals surface area contributed by atoms with Crippen LogP contribution < -0.4 is 10.6 Å². The van der Waals surface area contributed by atoms with Crippen molar-refractivity contribution in [1.82, 2.24) is 25.4 Å². The molecular weight excluding hydrogens is 475 g/mol. The summed E-state index contributed by atoms with van der Waals surface area (Å²) in [5, 5.41) is 11.5. The Morgan fingerprint density at radius 3 is 2.59 bits per heavy atom. The smallest absolute Gasteiger partial charge is 0.191 e. The normalized spacial score (nSPS) is 16.7. The molecule has 0 aliphatic carbocycles. The largest absolute Gasteiger partial charge is 0.357 e. The fourth-order valence-corrected chi connectivity index (χ4v) is 4.09. The number of hydrogen-bond donors (Lipinski definition) is 2. The molecule has 2 aromatic rings. The molecule has 0 radical (unpaired) electrons. The van der Waals surface area contributed by atoms with Gasteiger partial charge in [0.15, 0.2) is 5.96 Å². The van der Waals surface area contributed by atoms with Crippen LogP contribution in [-0.2, 0) is 12.0 Å². The minimum atomic E-state index is 0. The van der Waals surface area contributed by atoms with E-state index in [-0.39, 0.29) is 35.4 Å². The number of aliphatic imine (C=N–C) groups is 1. The van der Waals surface area contributed by atoms with E-state index >= 15 is 0 Å². The van der Waals surface area contributed by atoms with Gasteiger partial charge in [-0.1, -0.05) is 44.2 Å². The Bertz CT molecular complexity index is 782. The molecule has 6 nitrogen and oxygen atoms in total. The van der Waals surface area contributed by atoms with E-state index in [1.807, 2.05) is 11.6 Å². The maximum atomic E-state index is 5.01. The van der Waals surface area contributed by atoms with Crippen molar-refractivity contribution in [2.75, 3.05) is 13.1 Å². The van der Waals surface area contributed by atoms with Crippen LogP contribution in [0.25, 0.3) is 0 Å². The molecule has 160 valence electrons. The Morgan fingerprint density at radius 1 is 1.21 bits per heavy atom. The molecule has 1 aromatic heterocycles. The van der Waals surface area contributed by atoms with E-state index in [0.29, 0.717) is 0 Å². The molecule has 0 saturated heterocycles. The topological polar surface area (TPSA) is 67.1 Å². The molecule has 1 aliphatic heterocycles. The van der Waals surface area contributed by atoms with Crippen LogP contribution in [0.3, 0.4) is 0 Å². The zero-order chi connectivity index (χ0) is 20.0. The predicted molar refractivity (Wildman–Crippen MR) is 130 cm³/mol. The molecule has 1 aliphatic rings. The van der Waals surface area contributed by atoms with Gasteiger partial charge in [0.05, 0.1) is 12.6 Å². The Labute approximate surface area is 192 Å². The van der Waals surface area contributed by atoms with Gasteiger partial charge < -0.3 is 10.6 Å².